The van der Waals surface area contributed by atoms with E-state index in [9.17, 15) is 13.2 Å². The number of carbonyl (C=O) groups excluding carboxylic acids is 1. The lowest BCUT2D eigenvalue weighted by Gasteiger charge is -2.27. The van der Waals surface area contributed by atoms with Gasteiger partial charge < -0.3 is 5.32 Å². The maximum absolute atomic E-state index is 13.0. The molecule has 1 heterocycles. The number of thioether (sulfide) groups is 1. The zero-order chi connectivity index (χ0) is 21.4. The zero-order valence-corrected chi connectivity index (χ0v) is 19.5. The Morgan fingerprint density at radius 3 is 2.50 bits per heavy atom. The highest BCUT2D eigenvalue weighted by molar-refractivity contribution is 7.98. The number of benzene rings is 1. The lowest BCUT2D eigenvalue weighted by atomic mass is 10.1. The molecule has 2 atom stereocenters. The van der Waals surface area contributed by atoms with Crippen molar-refractivity contribution in [3.05, 3.63) is 30.3 Å². The van der Waals surface area contributed by atoms with Crippen molar-refractivity contribution in [2.75, 3.05) is 25.1 Å². The van der Waals surface area contributed by atoms with Crippen LogP contribution in [0, 0.1) is 0 Å². The maximum atomic E-state index is 13.0. The summed E-state index contributed by atoms with van der Waals surface area (Å²) in [6, 6.07) is 8.22. The number of hydrogen-bond donors (Lipinski definition) is 2. The molecule has 3 rings (SSSR count). The highest BCUT2D eigenvalue weighted by Gasteiger charge is 2.32. The van der Waals surface area contributed by atoms with Gasteiger partial charge in [0.15, 0.2) is 0 Å². The van der Waals surface area contributed by atoms with E-state index in [-0.39, 0.29) is 16.8 Å². The van der Waals surface area contributed by atoms with Crippen molar-refractivity contribution in [2.45, 2.75) is 74.4 Å². The molecule has 0 aromatic heterocycles. The normalized spacial score (nSPS) is 22.5. The van der Waals surface area contributed by atoms with Crippen molar-refractivity contribution in [1.82, 2.24) is 14.9 Å². The molecule has 30 heavy (non-hydrogen) atoms. The van der Waals surface area contributed by atoms with E-state index in [0.717, 1.165) is 19.5 Å². The molecule has 0 bridgehead atoms. The first-order chi connectivity index (χ1) is 14.5. The first-order valence-electron chi connectivity index (χ1n) is 11.1. The summed E-state index contributed by atoms with van der Waals surface area (Å²) in [6.07, 6.45) is 11.2. The minimum atomic E-state index is -3.73. The fraction of sp³-hybridized carbons (Fsp3) is 0.682. The van der Waals surface area contributed by atoms with E-state index in [1.54, 1.807) is 42.1 Å². The number of sulfonamides is 1. The molecule has 8 heteroatoms. The first-order valence-corrected chi connectivity index (χ1v) is 14.0. The van der Waals surface area contributed by atoms with Crippen LogP contribution in [0.1, 0.15) is 51.4 Å². The van der Waals surface area contributed by atoms with Crippen molar-refractivity contribution in [3.63, 3.8) is 0 Å². The molecule has 2 N–H and O–H groups in total. The van der Waals surface area contributed by atoms with E-state index in [4.69, 9.17) is 0 Å². The molecule has 168 valence electrons. The molecule has 1 aliphatic carbocycles. The van der Waals surface area contributed by atoms with Gasteiger partial charge in [0.25, 0.3) is 0 Å². The van der Waals surface area contributed by atoms with Crippen LogP contribution in [0.2, 0.25) is 0 Å². The fourth-order valence-electron chi connectivity index (χ4n) is 4.50. The standard InChI is InChI=1S/C22H35N3O3S2/c1-29-16-14-21(24-30(27,28)20-11-7-4-8-12-20)22(26)23-18-13-15-25(17-18)19-9-5-2-3-6-10-19/h4,7-8,11-12,18-19,21,24H,2-3,5-6,9-10,13-17H2,1H3,(H,23,26). The summed E-state index contributed by atoms with van der Waals surface area (Å²) in [6.45, 7) is 1.89. The van der Waals surface area contributed by atoms with Crippen LogP contribution < -0.4 is 10.0 Å². The molecule has 1 aromatic carbocycles. The summed E-state index contributed by atoms with van der Waals surface area (Å²) in [5.74, 6) is 0.505. The predicted octanol–water partition coefficient (Wildman–Crippen LogP) is 3.00. The van der Waals surface area contributed by atoms with E-state index in [2.05, 4.69) is 14.9 Å². The quantitative estimate of drug-likeness (QED) is 0.562. The van der Waals surface area contributed by atoms with Crippen molar-refractivity contribution in [1.29, 1.82) is 0 Å². The topological polar surface area (TPSA) is 78.5 Å². The van der Waals surface area contributed by atoms with Crippen molar-refractivity contribution in [2.24, 2.45) is 0 Å². The Labute approximate surface area is 185 Å². The number of amides is 1. The van der Waals surface area contributed by atoms with Crippen LogP contribution in [0.4, 0.5) is 0 Å². The second kappa shape index (κ2) is 11.5. The van der Waals surface area contributed by atoms with E-state index >= 15 is 0 Å². The van der Waals surface area contributed by atoms with E-state index in [1.807, 2.05) is 6.26 Å². The first kappa shape index (κ1) is 23.6. The Balaban J connectivity index is 1.58. The third kappa shape index (κ3) is 6.70. The molecule has 2 aliphatic rings. The SMILES string of the molecule is CSCCC(NS(=O)(=O)c1ccccc1)C(=O)NC1CCN(C2CCCCCC2)C1. The monoisotopic (exact) mass is 453 g/mol. The summed E-state index contributed by atoms with van der Waals surface area (Å²) in [7, 11) is -3.73. The third-order valence-corrected chi connectivity index (χ3v) is 8.32. The van der Waals surface area contributed by atoms with Crippen LogP contribution in [-0.2, 0) is 14.8 Å². The van der Waals surface area contributed by atoms with Gasteiger partial charge in [-0.3, -0.25) is 9.69 Å². The summed E-state index contributed by atoms with van der Waals surface area (Å²) in [5.41, 5.74) is 0. The second-order valence-corrected chi connectivity index (χ2v) is 11.1. The summed E-state index contributed by atoms with van der Waals surface area (Å²) in [4.78, 5) is 15.7. The van der Waals surface area contributed by atoms with Gasteiger partial charge in [0, 0.05) is 25.2 Å². The van der Waals surface area contributed by atoms with Gasteiger partial charge in [-0.05, 0) is 49.8 Å². The maximum Gasteiger partial charge on any atom is 0.241 e. The van der Waals surface area contributed by atoms with Gasteiger partial charge in [-0.25, -0.2) is 8.42 Å². The molecule has 0 radical (unpaired) electrons. The van der Waals surface area contributed by atoms with Crippen LogP contribution in [0.3, 0.4) is 0 Å². The van der Waals surface area contributed by atoms with Crippen LogP contribution in [0.5, 0.6) is 0 Å². The van der Waals surface area contributed by atoms with E-state index < -0.39 is 16.1 Å². The van der Waals surface area contributed by atoms with Crippen molar-refractivity contribution < 1.29 is 13.2 Å². The minimum absolute atomic E-state index is 0.0961. The van der Waals surface area contributed by atoms with Gasteiger partial charge in [0.2, 0.25) is 15.9 Å². The average Bonchev–Trinajstić information content (AvgIpc) is 3.03. The van der Waals surface area contributed by atoms with Crippen LogP contribution in [0.25, 0.3) is 0 Å². The summed E-state index contributed by atoms with van der Waals surface area (Å²) >= 11 is 1.61. The number of nitrogens with one attached hydrogen (secondary N) is 2. The second-order valence-electron chi connectivity index (χ2n) is 8.40. The van der Waals surface area contributed by atoms with Crippen molar-refractivity contribution in [3.8, 4) is 0 Å². The highest BCUT2D eigenvalue weighted by atomic mass is 32.2. The third-order valence-electron chi connectivity index (χ3n) is 6.19. The van der Waals surface area contributed by atoms with Gasteiger partial charge >= 0.3 is 0 Å². The molecule has 1 aliphatic heterocycles. The number of likely N-dealkylation sites (tertiary alicyclic amines) is 1. The number of carbonyl (C=O) groups is 1. The predicted molar refractivity (Wildman–Crippen MR) is 123 cm³/mol. The average molecular weight is 454 g/mol. The molecule has 1 saturated heterocycles. The smallest absolute Gasteiger partial charge is 0.241 e. The highest BCUT2D eigenvalue weighted by Crippen LogP contribution is 2.25. The Kier molecular flexibility index (Phi) is 9.04. The molecule has 1 amide bonds. The Hall–Kier alpha value is -1.09. The Morgan fingerprint density at radius 1 is 1.13 bits per heavy atom. The van der Waals surface area contributed by atoms with Gasteiger partial charge in [0.1, 0.15) is 6.04 Å². The van der Waals surface area contributed by atoms with E-state index in [0.29, 0.717) is 18.2 Å². The van der Waals surface area contributed by atoms with Gasteiger partial charge in [0.05, 0.1) is 4.90 Å². The van der Waals surface area contributed by atoms with Crippen LogP contribution >= 0.6 is 11.8 Å². The fourth-order valence-corrected chi connectivity index (χ4v) is 6.22. The lowest BCUT2D eigenvalue weighted by molar-refractivity contribution is -0.123. The summed E-state index contributed by atoms with van der Waals surface area (Å²) in [5, 5.41) is 3.13. The molecule has 1 saturated carbocycles. The van der Waals surface area contributed by atoms with E-state index in [1.165, 1.54) is 38.5 Å². The minimum Gasteiger partial charge on any atom is -0.351 e. The van der Waals surface area contributed by atoms with Crippen molar-refractivity contribution >= 4 is 27.7 Å². The molecular weight excluding hydrogens is 418 g/mol. The van der Waals surface area contributed by atoms with Crippen LogP contribution in [-0.4, -0.2) is 62.4 Å². The largest absolute Gasteiger partial charge is 0.351 e. The number of nitrogens with zero attached hydrogens (tertiary/aromatic N) is 1. The molecule has 2 fully saturated rings. The Bertz CT molecular complexity index is 765. The van der Waals surface area contributed by atoms with Gasteiger partial charge in [-0.1, -0.05) is 43.9 Å². The van der Waals surface area contributed by atoms with Gasteiger partial charge in [-0.2, -0.15) is 16.5 Å². The Morgan fingerprint density at radius 2 is 1.83 bits per heavy atom. The molecule has 1 aromatic rings. The number of hydrogen-bond acceptors (Lipinski definition) is 5. The number of rotatable bonds is 9. The van der Waals surface area contributed by atoms with Gasteiger partial charge in [-0.15, -0.1) is 0 Å². The molecule has 0 spiro atoms. The molecule has 2 unspecified atom stereocenters. The lowest BCUT2D eigenvalue weighted by Crippen LogP contribution is -2.50. The summed E-state index contributed by atoms with van der Waals surface area (Å²) < 4.78 is 28.1. The molecular formula is C22H35N3O3S2. The zero-order valence-electron chi connectivity index (χ0n) is 17.9. The molecule has 6 nitrogen and oxygen atoms in total. The van der Waals surface area contributed by atoms with Crippen LogP contribution in [0.15, 0.2) is 35.2 Å².